The predicted octanol–water partition coefficient (Wildman–Crippen LogP) is 2.92. The SMILES string of the molecule is NNC(Cc1cc(F)ccc1F)CC1CCCC1. The van der Waals surface area contributed by atoms with Crippen molar-refractivity contribution in [1.29, 1.82) is 0 Å². The molecule has 1 atom stereocenters. The van der Waals surface area contributed by atoms with Crippen LogP contribution in [0.15, 0.2) is 18.2 Å². The molecule has 1 fully saturated rings. The lowest BCUT2D eigenvalue weighted by Gasteiger charge is -2.20. The summed E-state index contributed by atoms with van der Waals surface area (Å²) in [5.41, 5.74) is 3.13. The third kappa shape index (κ3) is 3.50. The summed E-state index contributed by atoms with van der Waals surface area (Å²) in [4.78, 5) is 0. The molecule has 1 aromatic rings. The van der Waals surface area contributed by atoms with Gasteiger partial charge >= 0.3 is 0 Å². The molecule has 0 bridgehead atoms. The Morgan fingerprint density at radius 1 is 1.28 bits per heavy atom. The highest BCUT2D eigenvalue weighted by molar-refractivity contribution is 5.19. The van der Waals surface area contributed by atoms with Gasteiger partial charge in [-0.2, -0.15) is 0 Å². The highest BCUT2D eigenvalue weighted by Gasteiger charge is 2.20. The fourth-order valence-corrected chi connectivity index (χ4v) is 2.82. The molecule has 0 spiro atoms. The number of rotatable bonds is 5. The van der Waals surface area contributed by atoms with Gasteiger partial charge in [-0.3, -0.25) is 11.3 Å². The Morgan fingerprint density at radius 3 is 2.67 bits per heavy atom. The van der Waals surface area contributed by atoms with E-state index in [4.69, 9.17) is 5.84 Å². The van der Waals surface area contributed by atoms with E-state index >= 15 is 0 Å². The van der Waals surface area contributed by atoms with Gasteiger partial charge in [0.2, 0.25) is 0 Å². The second kappa shape index (κ2) is 6.25. The van der Waals surface area contributed by atoms with Crippen molar-refractivity contribution >= 4 is 0 Å². The average Bonchev–Trinajstić information content (AvgIpc) is 2.85. The third-order valence-corrected chi connectivity index (χ3v) is 3.80. The van der Waals surface area contributed by atoms with Crippen molar-refractivity contribution in [1.82, 2.24) is 5.43 Å². The fourth-order valence-electron chi connectivity index (χ4n) is 2.82. The normalized spacial score (nSPS) is 18.2. The van der Waals surface area contributed by atoms with Crippen molar-refractivity contribution < 1.29 is 8.78 Å². The third-order valence-electron chi connectivity index (χ3n) is 3.80. The van der Waals surface area contributed by atoms with Gasteiger partial charge in [0.05, 0.1) is 0 Å². The van der Waals surface area contributed by atoms with Crippen molar-refractivity contribution in [2.45, 2.75) is 44.6 Å². The van der Waals surface area contributed by atoms with Gasteiger partial charge in [-0.05, 0) is 42.5 Å². The van der Waals surface area contributed by atoms with Gasteiger partial charge in [-0.15, -0.1) is 0 Å². The summed E-state index contributed by atoms with van der Waals surface area (Å²) in [6.45, 7) is 0. The van der Waals surface area contributed by atoms with E-state index in [1.54, 1.807) is 0 Å². The average molecular weight is 254 g/mol. The molecule has 0 heterocycles. The van der Waals surface area contributed by atoms with E-state index in [1.165, 1.54) is 37.8 Å². The van der Waals surface area contributed by atoms with E-state index in [1.807, 2.05) is 0 Å². The number of hydrogen-bond acceptors (Lipinski definition) is 2. The van der Waals surface area contributed by atoms with Crippen molar-refractivity contribution in [3.05, 3.63) is 35.4 Å². The smallest absolute Gasteiger partial charge is 0.126 e. The maximum absolute atomic E-state index is 13.5. The monoisotopic (exact) mass is 254 g/mol. The van der Waals surface area contributed by atoms with Crippen LogP contribution >= 0.6 is 0 Å². The zero-order valence-electron chi connectivity index (χ0n) is 10.5. The second-order valence-corrected chi connectivity index (χ2v) is 5.19. The van der Waals surface area contributed by atoms with Gasteiger partial charge in [0.25, 0.3) is 0 Å². The van der Waals surface area contributed by atoms with E-state index in [2.05, 4.69) is 5.43 Å². The number of nitrogens with two attached hydrogens (primary N) is 1. The molecule has 0 aliphatic heterocycles. The minimum atomic E-state index is -0.400. The van der Waals surface area contributed by atoms with Gasteiger partial charge < -0.3 is 0 Å². The predicted molar refractivity (Wildman–Crippen MR) is 67.7 cm³/mol. The van der Waals surface area contributed by atoms with Crippen molar-refractivity contribution in [3.8, 4) is 0 Å². The summed E-state index contributed by atoms with van der Waals surface area (Å²) in [6.07, 6.45) is 6.38. The maximum Gasteiger partial charge on any atom is 0.126 e. The van der Waals surface area contributed by atoms with Gasteiger partial charge in [0.1, 0.15) is 11.6 Å². The first-order valence-corrected chi connectivity index (χ1v) is 6.59. The van der Waals surface area contributed by atoms with Crippen molar-refractivity contribution in [2.75, 3.05) is 0 Å². The number of nitrogens with one attached hydrogen (secondary N) is 1. The van der Waals surface area contributed by atoms with E-state index in [0.29, 0.717) is 17.9 Å². The summed E-state index contributed by atoms with van der Waals surface area (Å²) in [5.74, 6) is 5.43. The van der Waals surface area contributed by atoms with Crippen LogP contribution in [0.3, 0.4) is 0 Å². The molecule has 2 nitrogen and oxygen atoms in total. The van der Waals surface area contributed by atoms with E-state index < -0.39 is 5.82 Å². The molecule has 1 aliphatic carbocycles. The summed E-state index contributed by atoms with van der Waals surface area (Å²) in [6, 6.07) is 3.59. The standard InChI is InChI=1S/C14H20F2N2/c15-12-5-6-14(16)11(8-12)9-13(18-17)7-10-3-1-2-4-10/h5-6,8,10,13,18H,1-4,7,9,17H2. The molecule has 1 aromatic carbocycles. The second-order valence-electron chi connectivity index (χ2n) is 5.19. The first kappa shape index (κ1) is 13.4. The molecule has 4 heteroatoms. The molecule has 18 heavy (non-hydrogen) atoms. The molecule has 0 amide bonds. The zero-order chi connectivity index (χ0) is 13.0. The van der Waals surface area contributed by atoms with Gasteiger partial charge in [0, 0.05) is 6.04 Å². The Kier molecular flexibility index (Phi) is 4.66. The minimum absolute atomic E-state index is 0.0180. The Balaban J connectivity index is 1.98. The molecule has 1 aliphatic rings. The maximum atomic E-state index is 13.5. The minimum Gasteiger partial charge on any atom is -0.271 e. The molecule has 1 unspecified atom stereocenters. The number of halogens is 2. The van der Waals surface area contributed by atoms with Gasteiger partial charge in [-0.25, -0.2) is 8.78 Å². The van der Waals surface area contributed by atoms with Crippen LogP contribution in [0.5, 0.6) is 0 Å². The van der Waals surface area contributed by atoms with Crippen LogP contribution in [0.25, 0.3) is 0 Å². The van der Waals surface area contributed by atoms with E-state index in [9.17, 15) is 8.78 Å². The van der Waals surface area contributed by atoms with Gasteiger partial charge in [-0.1, -0.05) is 25.7 Å². The van der Waals surface area contributed by atoms with Crippen LogP contribution < -0.4 is 11.3 Å². The first-order chi connectivity index (χ1) is 8.69. The first-order valence-electron chi connectivity index (χ1n) is 6.59. The Bertz CT molecular complexity index is 389. The lowest BCUT2D eigenvalue weighted by molar-refractivity contribution is 0.385. The van der Waals surface area contributed by atoms with Gasteiger partial charge in [0.15, 0.2) is 0 Å². The molecule has 0 saturated heterocycles. The van der Waals surface area contributed by atoms with Crippen LogP contribution in [0, 0.1) is 17.6 Å². The lowest BCUT2D eigenvalue weighted by Crippen LogP contribution is -2.38. The number of hydrazine groups is 1. The van der Waals surface area contributed by atoms with Crippen LogP contribution in [-0.4, -0.2) is 6.04 Å². The molecule has 1 saturated carbocycles. The molecule has 2 rings (SSSR count). The van der Waals surface area contributed by atoms with Crippen molar-refractivity contribution in [3.63, 3.8) is 0 Å². The quantitative estimate of drug-likeness (QED) is 0.626. The van der Waals surface area contributed by atoms with E-state index in [-0.39, 0.29) is 11.9 Å². The highest BCUT2D eigenvalue weighted by atomic mass is 19.1. The molecule has 0 aromatic heterocycles. The summed E-state index contributed by atoms with van der Waals surface area (Å²) in [5, 5.41) is 0. The highest BCUT2D eigenvalue weighted by Crippen LogP contribution is 2.29. The topological polar surface area (TPSA) is 38.0 Å². The Labute approximate surface area is 107 Å². The summed E-state index contributed by atoms with van der Waals surface area (Å²) < 4.78 is 26.6. The summed E-state index contributed by atoms with van der Waals surface area (Å²) in [7, 11) is 0. The lowest BCUT2D eigenvalue weighted by atomic mass is 9.94. The van der Waals surface area contributed by atoms with Crippen LogP contribution in [0.4, 0.5) is 8.78 Å². The van der Waals surface area contributed by atoms with Crippen LogP contribution in [0.1, 0.15) is 37.7 Å². The molecular formula is C14H20F2N2. The Morgan fingerprint density at radius 2 is 2.00 bits per heavy atom. The van der Waals surface area contributed by atoms with Crippen LogP contribution in [-0.2, 0) is 6.42 Å². The Hall–Kier alpha value is -1.00. The summed E-state index contributed by atoms with van der Waals surface area (Å²) >= 11 is 0. The number of benzene rings is 1. The van der Waals surface area contributed by atoms with Crippen molar-refractivity contribution in [2.24, 2.45) is 11.8 Å². The molecular weight excluding hydrogens is 234 g/mol. The number of hydrogen-bond donors (Lipinski definition) is 2. The zero-order valence-corrected chi connectivity index (χ0v) is 10.5. The fraction of sp³-hybridized carbons (Fsp3) is 0.571. The largest absolute Gasteiger partial charge is 0.271 e. The molecule has 3 N–H and O–H groups in total. The van der Waals surface area contributed by atoms with E-state index in [0.717, 1.165) is 12.5 Å². The molecule has 0 radical (unpaired) electrons. The molecule has 100 valence electrons. The van der Waals surface area contributed by atoms with Crippen LogP contribution in [0.2, 0.25) is 0 Å².